The Kier molecular flexibility index (Phi) is 4.85. The highest BCUT2D eigenvalue weighted by Gasteiger charge is 2.27. The van der Waals surface area contributed by atoms with Crippen LogP contribution in [0.3, 0.4) is 0 Å². The molecule has 1 aromatic heterocycles. The molecule has 2 N–H and O–H groups in total. The molecular formula is C18H21N3O2S. The van der Waals surface area contributed by atoms with E-state index < -0.39 is 0 Å². The quantitative estimate of drug-likeness (QED) is 0.814. The number of nitrogens with one attached hydrogen (secondary N) is 2. The van der Waals surface area contributed by atoms with Gasteiger partial charge in [-0.1, -0.05) is 30.8 Å². The summed E-state index contributed by atoms with van der Waals surface area (Å²) >= 11 is 1.45. The summed E-state index contributed by atoms with van der Waals surface area (Å²) in [7, 11) is 3.83. The van der Waals surface area contributed by atoms with Crippen LogP contribution in [0.25, 0.3) is 6.08 Å². The summed E-state index contributed by atoms with van der Waals surface area (Å²) in [6.45, 7) is 2.13. The highest BCUT2D eigenvalue weighted by molar-refractivity contribution is 8.05. The van der Waals surface area contributed by atoms with Crippen molar-refractivity contribution in [2.45, 2.75) is 18.8 Å². The normalized spacial score (nSPS) is 18.7. The third-order valence-electron chi connectivity index (χ3n) is 3.72. The molecule has 126 valence electrons. The lowest BCUT2D eigenvalue weighted by Gasteiger charge is -2.12. The van der Waals surface area contributed by atoms with Gasteiger partial charge in [0.15, 0.2) is 11.4 Å². The van der Waals surface area contributed by atoms with Crippen molar-refractivity contribution in [2.75, 3.05) is 24.3 Å². The van der Waals surface area contributed by atoms with Crippen LogP contribution >= 0.6 is 11.8 Å². The zero-order valence-corrected chi connectivity index (χ0v) is 14.8. The molecule has 24 heavy (non-hydrogen) atoms. The number of anilines is 2. The van der Waals surface area contributed by atoms with Crippen molar-refractivity contribution >= 4 is 35.3 Å². The SMILES string of the molecule is CCc1ccc(N[C@@H]2NC(=O)/C(=C/c3ccc(N(C)C)o3)S2)cc1. The zero-order chi connectivity index (χ0) is 17.1. The number of thioether (sulfide) groups is 1. The van der Waals surface area contributed by atoms with Crippen molar-refractivity contribution in [3.8, 4) is 0 Å². The monoisotopic (exact) mass is 343 g/mol. The number of nitrogens with zero attached hydrogens (tertiary/aromatic N) is 1. The molecule has 2 heterocycles. The van der Waals surface area contributed by atoms with Gasteiger partial charge in [-0.2, -0.15) is 0 Å². The highest BCUT2D eigenvalue weighted by Crippen LogP contribution is 2.31. The molecule has 1 atom stereocenters. The van der Waals surface area contributed by atoms with Crippen LogP contribution in [0, 0.1) is 0 Å². The van der Waals surface area contributed by atoms with Gasteiger partial charge >= 0.3 is 0 Å². The number of hydrogen-bond donors (Lipinski definition) is 2. The Bertz CT molecular complexity index is 750. The van der Waals surface area contributed by atoms with Crippen LogP contribution in [-0.4, -0.2) is 25.5 Å². The fourth-order valence-corrected chi connectivity index (χ4v) is 3.31. The fourth-order valence-electron chi connectivity index (χ4n) is 2.34. The molecule has 0 saturated carbocycles. The molecule has 1 saturated heterocycles. The second-order valence-electron chi connectivity index (χ2n) is 5.75. The fraction of sp³-hybridized carbons (Fsp3) is 0.278. The van der Waals surface area contributed by atoms with Gasteiger partial charge in [-0.15, -0.1) is 0 Å². The molecule has 0 radical (unpaired) electrons. The first-order chi connectivity index (χ1) is 11.5. The van der Waals surface area contributed by atoms with Gasteiger partial charge in [0, 0.05) is 31.9 Å². The molecule has 1 aliphatic rings. The molecule has 2 aromatic rings. The molecule has 0 aliphatic carbocycles. The number of rotatable bonds is 5. The topological polar surface area (TPSA) is 57.5 Å². The van der Waals surface area contributed by atoms with Crippen LogP contribution in [-0.2, 0) is 11.2 Å². The van der Waals surface area contributed by atoms with Gasteiger partial charge < -0.3 is 20.0 Å². The number of amides is 1. The van der Waals surface area contributed by atoms with E-state index in [9.17, 15) is 4.79 Å². The summed E-state index contributed by atoms with van der Waals surface area (Å²) < 4.78 is 5.67. The van der Waals surface area contributed by atoms with Gasteiger partial charge in [0.2, 0.25) is 0 Å². The second-order valence-corrected chi connectivity index (χ2v) is 6.89. The van der Waals surface area contributed by atoms with E-state index in [0.717, 1.165) is 18.0 Å². The largest absolute Gasteiger partial charge is 0.441 e. The minimum atomic E-state index is -0.181. The van der Waals surface area contributed by atoms with Crippen molar-refractivity contribution in [1.29, 1.82) is 0 Å². The molecule has 1 amide bonds. The zero-order valence-electron chi connectivity index (χ0n) is 14.0. The van der Waals surface area contributed by atoms with Crippen LogP contribution < -0.4 is 15.5 Å². The van der Waals surface area contributed by atoms with E-state index in [0.29, 0.717) is 10.7 Å². The van der Waals surface area contributed by atoms with Crippen LogP contribution in [0.2, 0.25) is 0 Å². The van der Waals surface area contributed by atoms with Crippen molar-refractivity contribution in [2.24, 2.45) is 0 Å². The van der Waals surface area contributed by atoms with Crippen molar-refractivity contribution < 1.29 is 9.21 Å². The number of carbonyl (C=O) groups is 1. The minimum absolute atomic E-state index is 0.0921. The van der Waals surface area contributed by atoms with Gasteiger partial charge in [-0.3, -0.25) is 4.79 Å². The average molecular weight is 343 g/mol. The Morgan fingerprint density at radius 2 is 2.00 bits per heavy atom. The van der Waals surface area contributed by atoms with E-state index in [1.807, 2.05) is 43.3 Å². The van der Waals surface area contributed by atoms with E-state index in [4.69, 9.17) is 4.42 Å². The Morgan fingerprint density at radius 3 is 2.62 bits per heavy atom. The van der Waals surface area contributed by atoms with E-state index in [1.165, 1.54) is 17.3 Å². The van der Waals surface area contributed by atoms with Crippen LogP contribution in [0.1, 0.15) is 18.2 Å². The first-order valence-corrected chi connectivity index (χ1v) is 8.75. The van der Waals surface area contributed by atoms with Crippen molar-refractivity contribution in [3.05, 3.63) is 52.6 Å². The number of carbonyl (C=O) groups excluding carboxylic acids is 1. The summed E-state index contributed by atoms with van der Waals surface area (Å²) in [6, 6.07) is 12.0. The summed E-state index contributed by atoms with van der Waals surface area (Å²) in [5.41, 5.74) is 2.09. The van der Waals surface area contributed by atoms with E-state index >= 15 is 0 Å². The van der Waals surface area contributed by atoms with Gasteiger partial charge in [0.25, 0.3) is 5.91 Å². The average Bonchev–Trinajstić information content (AvgIpc) is 3.16. The van der Waals surface area contributed by atoms with Gasteiger partial charge in [0.05, 0.1) is 4.91 Å². The maximum atomic E-state index is 12.1. The summed E-state index contributed by atoms with van der Waals surface area (Å²) in [5, 5.41) is 6.24. The molecule has 1 aliphatic heterocycles. The van der Waals surface area contributed by atoms with Crippen LogP contribution in [0.15, 0.2) is 45.7 Å². The summed E-state index contributed by atoms with van der Waals surface area (Å²) in [4.78, 5) is 14.6. The lowest BCUT2D eigenvalue weighted by atomic mass is 10.1. The Morgan fingerprint density at radius 1 is 1.25 bits per heavy atom. The smallest absolute Gasteiger partial charge is 0.260 e. The van der Waals surface area contributed by atoms with Crippen molar-refractivity contribution in [3.63, 3.8) is 0 Å². The lowest BCUT2D eigenvalue weighted by Crippen LogP contribution is -2.30. The molecule has 3 rings (SSSR count). The molecule has 0 spiro atoms. The van der Waals surface area contributed by atoms with Gasteiger partial charge in [-0.25, -0.2) is 0 Å². The first-order valence-electron chi connectivity index (χ1n) is 7.87. The Labute approximate surface area is 146 Å². The molecule has 0 unspecified atom stereocenters. The molecule has 6 heteroatoms. The van der Waals surface area contributed by atoms with Gasteiger partial charge in [-0.05, 0) is 30.2 Å². The van der Waals surface area contributed by atoms with Crippen LogP contribution in [0.4, 0.5) is 11.6 Å². The third-order valence-corrected chi connectivity index (χ3v) is 4.75. The maximum absolute atomic E-state index is 12.1. The Balaban J connectivity index is 1.67. The second kappa shape index (κ2) is 7.05. The standard InChI is InChI=1S/C18H21N3O2S/c1-4-12-5-7-13(8-6-12)19-18-20-17(22)15(24-18)11-14-9-10-16(23-14)21(2)3/h5-11,18-19H,4H2,1-3H3,(H,20,22)/b15-11-/t18-/m1/s1. The number of aryl methyl sites for hydroxylation is 1. The minimum Gasteiger partial charge on any atom is -0.441 e. The number of benzene rings is 1. The van der Waals surface area contributed by atoms with Crippen LogP contribution in [0.5, 0.6) is 0 Å². The molecule has 1 fully saturated rings. The predicted octanol–water partition coefficient (Wildman–Crippen LogP) is 3.51. The first kappa shape index (κ1) is 16.5. The van der Waals surface area contributed by atoms with Crippen molar-refractivity contribution in [1.82, 2.24) is 5.32 Å². The molecule has 5 nitrogen and oxygen atoms in total. The number of hydrogen-bond acceptors (Lipinski definition) is 5. The lowest BCUT2D eigenvalue weighted by molar-refractivity contribution is -0.116. The van der Waals surface area contributed by atoms with E-state index in [1.54, 1.807) is 6.08 Å². The van der Waals surface area contributed by atoms with E-state index in [-0.39, 0.29) is 11.4 Å². The summed E-state index contributed by atoms with van der Waals surface area (Å²) in [6.07, 6.45) is 2.79. The Hall–Kier alpha value is -2.34. The molecular weight excluding hydrogens is 322 g/mol. The maximum Gasteiger partial charge on any atom is 0.260 e. The highest BCUT2D eigenvalue weighted by atomic mass is 32.2. The van der Waals surface area contributed by atoms with Gasteiger partial charge in [0.1, 0.15) is 5.76 Å². The molecule has 1 aromatic carbocycles. The predicted molar refractivity (Wildman–Crippen MR) is 100.0 cm³/mol. The summed E-state index contributed by atoms with van der Waals surface area (Å²) in [5.74, 6) is 1.34. The third kappa shape index (κ3) is 3.76. The number of furan rings is 1. The molecule has 0 bridgehead atoms. The van der Waals surface area contributed by atoms with E-state index in [2.05, 4.69) is 29.7 Å².